The van der Waals surface area contributed by atoms with Crippen LogP contribution in [0.15, 0.2) is 24.3 Å². The highest BCUT2D eigenvalue weighted by molar-refractivity contribution is 5.94. The average molecular weight is 333 g/mol. The van der Waals surface area contributed by atoms with E-state index in [-0.39, 0.29) is 18.0 Å². The summed E-state index contributed by atoms with van der Waals surface area (Å²) in [6, 6.07) is 7.13. The smallest absolute Gasteiger partial charge is 0.317 e. The standard InChI is InChI=1S/C17H23N3O4/c1-23-15-4-2-13(3-5-15)16(21)19-7-9-20(10-8-19)17(22)18-14-6-11-24-12-14/h2-5,14H,6-12H2,1H3,(H,18,22). The molecule has 1 atom stereocenters. The summed E-state index contributed by atoms with van der Waals surface area (Å²) in [6.45, 7) is 3.46. The monoisotopic (exact) mass is 333 g/mol. The van der Waals surface area contributed by atoms with Crippen LogP contribution in [0.5, 0.6) is 5.75 Å². The molecule has 130 valence electrons. The van der Waals surface area contributed by atoms with Crippen LogP contribution in [-0.4, -0.2) is 74.3 Å². The van der Waals surface area contributed by atoms with Crippen LogP contribution >= 0.6 is 0 Å². The molecule has 1 aromatic carbocycles. The summed E-state index contributed by atoms with van der Waals surface area (Å²) < 4.78 is 10.4. The van der Waals surface area contributed by atoms with E-state index in [0.29, 0.717) is 45.0 Å². The average Bonchev–Trinajstić information content (AvgIpc) is 3.14. The van der Waals surface area contributed by atoms with Crippen molar-refractivity contribution >= 4 is 11.9 Å². The third-order valence-electron chi connectivity index (χ3n) is 4.45. The van der Waals surface area contributed by atoms with Crippen molar-refractivity contribution in [3.8, 4) is 5.75 Å². The van der Waals surface area contributed by atoms with E-state index in [1.165, 1.54) is 0 Å². The quantitative estimate of drug-likeness (QED) is 0.894. The van der Waals surface area contributed by atoms with Gasteiger partial charge in [-0.1, -0.05) is 0 Å². The van der Waals surface area contributed by atoms with Crippen LogP contribution in [-0.2, 0) is 4.74 Å². The molecular weight excluding hydrogens is 310 g/mol. The maximum atomic E-state index is 12.5. The molecule has 1 unspecified atom stereocenters. The highest BCUT2D eigenvalue weighted by atomic mass is 16.5. The Hall–Kier alpha value is -2.28. The van der Waals surface area contributed by atoms with Gasteiger partial charge in [0.25, 0.3) is 5.91 Å². The number of nitrogens with zero attached hydrogens (tertiary/aromatic N) is 2. The Balaban J connectivity index is 1.50. The van der Waals surface area contributed by atoms with E-state index in [1.807, 2.05) is 0 Å². The van der Waals surface area contributed by atoms with Crippen molar-refractivity contribution in [2.75, 3.05) is 46.5 Å². The predicted molar refractivity (Wildman–Crippen MR) is 88.2 cm³/mol. The third-order valence-corrected chi connectivity index (χ3v) is 4.45. The molecule has 0 radical (unpaired) electrons. The van der Waals surface area contributed by atoms with E-state index in [0.717, 1.165) is 12.2 Å². The van der Waals surface area contributed by atoms with Gasteiger partial charge >= 0.3 is 6.03 Å². The summed E-state index contributed by atoms with van der Waals surface area (Å²) in [5.74, 6) is 0.714. The van der Waals surface area contributed by atoms with Crippen LogP contribution in [0.3, 0.4) is 0 Å². The lowest BCUT2D eigenvalue weighted by molar-refractivity contribution is 0.0663. The van der Waals surface area contributed by atoms with E-state index in [2.05, 4.69) is 5.32 Å². The van der Waals surface area contributed by atoms with E-state index >= 15 is 0 Å². The van der Waals surface area contributed by atoms with Gasteiger partial charge in [-0.2, -0.15) is 0 Å². The number of hydrogen-bond donors (Lipinski definition) is 1. The molecule has 0 aliphatic carbocycles. The number of piperazine rings is 1. The Kier molecular flexibility index (Phi) is 5.20. The minimum atomic E-state index is -0.0675. The van der Waals surface area contributed by atoms with Crippen molar-refractivity contribution < 1.29 is 19.1 Å². The largest absolute Gasteiger partial charge is 0.497 e. The van der Waals surface area contributed by atoms with Crippen molar-refractivity contribution in [2.45, 2.75) is 12.5 Å². The Morgan fingerprint density at radius 2 is 1.79 bits per heavy atom. The zero-order chi connectivity index (χ0) is 16.9. The number of ether oxygens (including phenoxy) is 2. The molecule has 0 aromatic heterocycles. The van der Waals surface area contributed by atoms with Gasteiger partial charge in [-0.25, -0.2) is 4.79 Å². The number of benzene rings is 1. The maximum Gasteiger partial charge on any atom is 0.317 e. The van der Waals surface area contributed by atoms with Gasteiger partial charge in [0.2, 0.25) is 0 Å². The lowest BCUT2D eigenvalue weighted by Crippen LogP contribution is -2.54. The maximum absolute atomic E-state index is 12.5. The lowest BCUT2D eigenvalue weighted by Gasteiger charge is -2.35. The molecule has 2 aliphatic heterocycles. The fourth-order valence-electron chi connectivity index (χ4n) is 2.94. The Morgan fingerprint density at radius 3 is 2.38 bits per heavy atom. The van der Waals surface area contributed by atoms with Gasteiger partial charge in [0.15, 0.2) is 0 Å². The first-order chi connectivity index (χ1) is 11.7. The molecule has 2 aliphatic rings. The first-order valence-corrected chi connectivity index (χ1v) is 8.24. The van der Waals surface area contributed by atoms with Crippen molar-refractivity contribution in [3.63, 3.8) is 0 Å². The molecule has 2 saturated heterocycles. The summed E-state index contributed by atoms with van der Waals surface area (Å²) in [6.07, 6.45) is 0.863. The van der Waals surface area contributed by atoms with Gasteiger partial charge in [0, 0.05) is 38.3 Å². The van der Waals surface area contributed by atoms with Gasteiger partial charge in [-0.05, 0) is 30.7 Å². The molecule has 3 rings (SSSR count). The van der Waals surface area contributed by atoms with Crippen molar-refractivity contribution in [2.24, 2.45) is 0 Å². The molecule has 7 heteroatoms. The summed E-state index contributed by atoms with van der Waals surface area (Å²) in [7, 11) is 1.60. The minimum absolute atomic E-state index is 0.0121. The van der Waals surface area contributed by atoms with Gasteiger partial charge in [0.1, 0.15) is 5.75 Å². The van der Waals surface area contributed by atoms with Crippen LogP contribution in [0.2, 0.25) is 0 Å². The Bertz CT molecular complexity index is 576. The van der Waals surface area contributed by atoms with Crippen LogP contribution in [0.25, 0.3) is 0 Å². The van der Waals surface area contributed by atoms with Crippen LogP contribution < -0.4 is 10.1 Å². The second kappa shape index (κ2) is 7.53. The first-order valence-electron chi connectivity index (χ1n) is 8.24. The molecule has 3 amide bonds. The molecule has 7 nitrogen and oxygen atoms in total. The van der Waals surface area contributed by atoms with Gasteiger partial charge in [0.05, 0.1) is 19.8 Å². The van der Waals surface area contributed by atoms with Crippen LogP contribution in [0.4, 0.5) is 4.79 Å². The second-order valence-corrected chi connectivity index (χ2v) is 6.02. The summed E-state index contributed by atoms with van der Waals surface area (Å²) in [5.41, 5.74) is 0.636. The fourth-order valence-corrected chi connectivity index (χ4v) is 2.94. The molecule has 0 spiro atoms. The number of carbonyl (C=O) groups is 2. The molecule has 1 N–H and O–H groups in total. The van der Waals surface area contributed by atoms with Gasteiger partial charge < -0.3 is 24.6 Å². The predicted octanol–water partition coefficient (Wildman–Crippen LogP) is 0.952. The molecular formula is C17H23N3O4. The Morgan fingerprint density at radius 1 is 1.12 bits per heavy atom. The lowest BCUT2D eigenvalue weighted by atomic mass is 10.1. The molecule has 0 bridgehead atoms. The molecule has 2 heterocycles. The Labute approximate surface area is 141 Å². The summed E-state index contributed by atoms with van der Waals surface area (Å²) in [4.78, 5) is 28.3. The van der Waals surface area contributed by atoms with E-state index in [4.69, 9.17) is 9.47 Å². The normalized spacial score (nSPS) is 20.8. The van der Waals surface area contributed by atoms with E-state index in [1.54, 1.807) is 41.2 Å². The second-order valence-electron chi connectivity index (χ2n) is 6.02. The molecule has 24 heavy (non-hydrogen) atoms. The molecule has 1 aromatic rings. The highest BCUT2D eigenvalue weighted by Gasteiger charge is 2.27. The third kappa shape index (κ3) is 3.79. The van der Waals surface area contributed by atoms with Crippen molar-refractivity contribution in [3.05, 3.63) is 29.8 Å². The summed E-state index contributed by atoms with van der Waals surface area (Å²) in [5, 5.41) is 2.98. The number of methoxy groups -OCH3 is 1. The topological polar surface area (TPSA) is 71.1 Å². The summed E-state index contributed by atoms with van der Waals surface area (Å²) >= 11 is 0. The van der Waals surface area contributed by atoms with Crippen molar-refractivity contribution in [1.29, 1.82) is 0 Å². The van der Waals surface area contributed by atoms with E-state index < -0.39 is 0 Å². The number of urea groups is 1. The van der Waals surface area contributed by atoms with Crippen molar-refractivity contribution in [1.82, 2.24) is 15.1 Å². The SMILES string of the molecule is COc1ccc(C(=O)N2CCN(C(=O)NC3CCOC3)CC2)cc1. The molecule has 2 fully saturated rings. The minimum Gasteiger partial charge on any atom is -0.497 e. The highest BCUT2D eigenvalue weighted by Crippen LogP contribution is 2.14. The number of carbonyl (C=O) groups excluding carboxylic acids is 2. The molecule has 0 saturated carbocycles. The zero-order valence-electron chi connectivity index (χ0n) is 13.9. The van der Waals surface area contributed by atoms with Crippen LogP contribution in [0.1, 0.15) is 16.8 Å². The van der Waals surface area contributed by atoms with E-state index in [9.17, 15) is 9.59 Å². The fraction of sp³-hybridized carbons (Fsp3) is 0.529. The number of nitrogens with one attached hydrogen (secondary N) is 1. The number of rotatable bonds is 3. The van der Waals surface area contributed by atoms with Gasteiger partial charge in [-0.3, -0.25) is 4.79 Å². The van der Waals surface area contributed by atoms with Crippen LogP contribution in [0, 0.1) is 0 Å². The zero-order valence-corrected chi connectivity index (χ0v) is 13.9. The first kappa shape index (κ1) is 16.6. The van der Waals surface area contributed by atoms with Gasteiger partial charge in [-0.15, -0.1) is 0 Å². The number of hydrogen-bond acceptors (Lipinski definition) is 4. The number of amides is 3.